The minimum atomic E-state index is 0.705. The Kier molecular flexibility index (Phi) is 7.38. The number of hydrogen-bond donors (Lipinski definition) is 1. The Morgan fingerprint density at radius 1 is 1.11 bits per heavy atom. The van der Waals surface area contributed by atoms with E-state index >= 15 is 0 Å². The minimum absolute atomic E-state index is 0.705. The molecule has 0 bridgehead atoms. The van der Waals surface area contributed by atoms with E-state index in [2.05, 4.69) is 51.8 Å². The highest BCUT2D eigenvalue weighted by Crippen LogP contribution is 2.26. The van der Waals surface area contributed by atoms with Crippen molar-refractivity contribution in [3.63, 3.8) is 0 Å². The van der Waals surface area contributed by atoms with Gasteiger partial charge in [0.1, 0.15) is 0 Å². The summed E-state index contributed by atoms with van der Waals surface area (Å²) in [7, 11) is 0. The summed E-state index contributed by atoms with van der Waals surface area (Å²) in [5, 5.41) is 3.77. The van der Waals surface area contributed by atoms with Gasteiger partial charge < -0.3 is 5.32 Å². The van der Waals surface area contributed by atoms with Gasteiger partial charge in [-0.3, -0.25) is 4.90 Å². The van der Waals surface area contributed by atoms with E-state index in [1.807, 2.05) is 0 Å². The van der Waals surface area contributed by atoms with Crippen molar-refractivity contribution in [3.05, 3.63) is 0 Å². The Bertz CT molecular complexity index is 235. The lowest BCUT2D eigenvalue weighted by Crippen LogP contribution is -2.61. The van der Waals surface area contributed by atoms with Gasteiger partial charge in [-0.15, -0.1) is 0 Å². The van der Waals surface area contributed by atoms with Crippen molar-refractivity contribution in [1.82, 2.24) is 10.2 Å². The normalized spacial score (nSPS) is 27.2. The van der Waals surface area contributed by atoms with Crippen LogP contribution in [0, 0.1) is 11.8 Å². The van der Waals surface area contributed by atoms with Crippen molar-refractivity contribution in [2.24, 2.45) is 11.8 Å². The second kappa shape index (κ2) is 8.26. The molecular formula is C17H36N2. The highest BCUT2D eigenvalue weighted by atomic mass is 15.3. The maximum absolute atomic E-state index is 3.77. The molecule has 0 radical (unpaired) electrons. The van der Waals surface area contributed by atoms with Crippen LogP contribution in [0.2, 0.25) is 0 Å². The smallest absolute Gasteiger partial charge is 0.0247 e. The van der Waals surface area contributed by atoms with E-state index in [1.54, 1.807) is 0 Å². The molecule has 1 aliphatic heterocycles. The molecule has 0 saturated carbocycles. The third-order valence-corrected chi connectivity index (χ3v) is 5.13. The molecule has 0 aliphatic carbocycles. The largest absolute Gasteiger partial charge is 0.311 e. The molecule has 114 valence electrons. The lowest BCUT2D eigenvalue weighted by molar-refractivity contribution is 0.0336. The topological polar surface area (TPSA) is 15.3 Å². The van der Waals surface area contributed by atoms with Crippen molar-refractivity contribution in [1.29, 1.82) is 0 Å². The lowest BCUT2D eigenvalue weighted by atomic mass is 9.88. The Morgan fingerprint density at radius 2 is 1.74 bits per heavy atom. The van der Waals surface area contributed by atoms with Gasteiger partial charge in [0.15, 0.2) is 0 Å². The van der Waals surface area contributed by atoms with Gasteiger partial charge in [0.25, 0.3) is 0 Å². The quantitative estimate of drug-likeness (QED) is 0.753. The monoisotopic (exact) mass is 268 g/mol. The first-order chi connectivity index (χ1) is 9.04. The predicted octanol–water partition coefficient (Wildman–Crippen LogP) is 3.91. The van der Waals surface area contributed by atoms with E-state index in [9.17, 15) is 0 Å². The third kappa shape index (κ3) is 4.46. The second-order valence-electron chi connectivity index (χ2n) is 6.72. The molecule has 1 rings (SSSR count). The highest BCUT2D eigenvalue weighted by molar-refractivity contribution is 4.91. The van der Waals surface area contributed by atoms with Crippen LogP contribution >= 0.6 is 0 Å². The summed E-state index contributed by atoms with van der Waals surface area (Å²) in [4.78, 5) is 2.82. The molecule has 0 aromatic heterocycles. The summed E-state index contributed by atoms with van der Waals surface area (Å²) in [5.41, 5.74) is 0. The molecule has 1 fully saturated rings. The van der Waals surface area contributed by atoms with Crippen molar-refractivity contribution in [2.45, 2.75) is 85.4 Å². The van der Waals surface area contributed by atoms with Crippen LogP contribution in [0.5, 0.6) is 0 Å². The molecule has 1 heterocycles. The van der Waals surface area contributed by atoms with Crippen molar-refractivity contribution >= 4 is 0 Å². The fourth-order valence-corrected chi connectivity index (χ4v) is 3.73. The number of nitrogens with zero attached hydrogens (tertiary/aromatic N) is 1. The van der Waals surface area contributed by atoms with Crippen LogP contribution in [0.3, 0.4) is 0 Å². The molecule has 3 unspecified atom stereocenters. The van der Waals surface area contributed by atoms with E-state index in [4.69, 9.17) is 0 Å². The zero-order valence-corrected chi connectivity index (χ0v) is 14.1. The van der Waals surface area contributed by atoms with Crippen molar-refractivity contribution in [2.75, 3.05) is 13.1 Å². The van der Waals surface area contributed by atoms with Crippen LogP contribution < -0.4 is 5.32 Å². The first kappa shape index (κ1) is 17.0. The second-order valence-corrected chi connectivity index (χ2v) is 6.72. The molecule has 1 saturated heterocycles. The Morgan fingerprint density at radius 3 is 2.21 bits per heavy atom. The molecule has 1 aliphatic rings. The lowest BCUT2D eigenvalue weighted by Gasteiger charge is -2.47. The van der Waals surface area contributed by atoms with Crippen LogP contribution in [-0.2, 0) is 0 Å². The van der Waals surface area contributed by atoms with Gasteiger partial charge in [-0.1, -0.05) is 53.9 Å². The summed E-state index contributed by atoms with van der Waals surface area (Å²) in [6.07, 6.45) is 5.23. The maximum Gasteiger partial charge on any atom is 0.0247 e. The van der Waals surface area contributed by atoms with Gasteiger partial charge in [-0.2, -0.15) is 0 Å². The summed E-state index contributed by atoms with van der Waals surface area (Å²) in [6.45, 7) is 16.6. The van der Waals surface area contributed by atoms with Crippen LogP contribution in [0.25, 0.3) is 0 Å². The van der Waals surface area contributed by atoms with Crippen LogP contribution in [0.1, 0.15) is 67.2 Å². The maximum atomic E-state index is 3.77. The van der Waals surface area contributed by atoms with Gasteiger partial charge >= 0.3 is 0 Å². The average molecular weight is 268 g/mol. The van der Waals surface area contributed by atoms with Crippen LogP contribution in [0.15, 0.2) is 0 Å². The Hall–Kier alpha value is -0.0800. The van der Waals surface area contributed by atoms with E-state index < -0.39 is 0 Å². The SMILES string of the molecule is CCCC1CN(C(C)C(CC)CC)C(C(C)C)CN1. The van der Waals surface area contributed by atoms with Crippen LogP contribution in [0.4, 0.5) is 0 Å². The van der Waals surface area contributed by atoms with Gasteiger partial charge in [-0.05, 0) is 25.2 Å². The molecule has 0 amide bonds. The highest BCUT2D eigenvalue weighted by Gasteiger charge is 2.34. The standard InChI is InChI=1S/C17H36N2/c1-7-10-16-12-19(14(6)15(8-2)9-3)17(11-18-16)13(4)5/h13-18H,7-12H2,1-6H3. The minimum Gasteiger partial charge on any atom is -0.311 e. The molecule has 0 aromatic rings. The molecule has 19 heavy (non-hydrogen) atoms. The van der Waals surface area contributed by atoms with Crippen molar-refractivity contribution in [3.8, 4) is 0 Å². The van der Waals surface area contributed by atoms with Gasteiger partial charge in [0.05, 0.1) is 0 Å². The van der Waals surface area contributed by atoms with E-state index in [1.165, 1.54) is 38.8 Å². The third-order valence-electron chi connectivity index (χ3n) is 5.13. The summed E-state index contributed by atoms with van der Waals surface area (Å²) in [6, 6.07) is 2.14. The predicted molar refractivity (Wildman–Crippen MR) is 85.6 cm³/mol. The summed E-state index contributed by atoms with van der Waals surface area (Å²) in [5.74, 6) is 1.59. The zero-order valence-electron chi connectivity index (χ0n) is 14.1. The zero-order chi connectivity index (χ0) is 14.4. The van der Waals surface area contributed by atoms with Gasteiger partial charge in [-0.25, -0.2) is 0 Å². The fourth-order valence-electron chi connectivity index (χ4n) is 3.73. The summed E-state index contributed by atoms with van der Waals surface area (Å²) < 4.78 is 0. The van der Waals surface area contributed by atoms with E-state index in [0.717, 1.165) is 17.9 Å². The first-order valence-electron chi connectivity index (χ1n) is 8.54. The van der Waals surface area contributed by atoms with E-state index in [0.29, 0.717) is 12.1 Å². The fraction of sp³-hybridized carbons (Fsp3) is 1.00. The molecular weight excluding hydrogens is 232 g/mol. The van der Waals surface area contributed by atoms with E-state index in [-0.39, 0.29) is 0 Å². The molecule has 3 atom stereocenters. The molecule has 0 aromatic carbocycles. The average Bonchev–Trinajstić information content (AvgIpc) is 2.40. The molecule has 2 nitrogen and oxygen atoms in total. The van der Waals surface area contributed by atoms with Gasteiger partial charge in [0, 0.05) is 31.2 Å². The Balaban J connectivity index is 2.75. The van der Waals surface area contributed by atoms with Gasteiger partial charge in [0.2, 0.25) is 0 Å². The first-order valence-corrected chi connectivity index (χ1v) is 8.54. The number of nitrogens with one attached hydrogen (secondary N) is 1. The van der Waals surface area contributed by atoms with Crippen LogP contribution in [-0.4, -0.2) is 36.1 Å². The molecule has 0 spiro atoms. The number of piperazine rings is 1. The Labute approximate surface area is 121 Å². The molecule has 2 heteroatoms. The van der Waals surface area contributed by atoms with Crippen molar-refractivity contribution < 1.29 is 0 Å². The number of rotatable bonds is 7. The molecule has 1 N–H and O–H groups in total. The number of hydrogen-bond acceptors (Lipinski definition) is 2. The summed E-state index contributed by atoms with van der Waals surface area (Å²) >= 11 is 0.